The summed E-state index contributed by atoms with van der Waals surface area (Å²) in [5.74, 6) is 1.75. The number of piperidine rings is 2. The van der Waals surface area contributed by atoms with Crippen molar-refractivity contribution in [2.24, 2.45) is 17.6 Å². The highest BCUT2D eigenvalue weighted by molar-refractivity contribution is 5.84. The highest BCUT2D eigenvalue weighted by Gasteiger charge is 2.31. The number of aromatic nitrogens is 1. The van der Waals surface area contributed by atoms with Crippen molar-refractivity contribution in [2.75, 3.05) is 33.2 Å². The molecule has 2 aliphatic heterocycles. The molecule has 3 N–H and O–H groups in total. The molecular weight excluding hydrogens is 348 g/mol. The minimum absolute atomic E-state index is 0.119. The molecule has 1 aromatic carbocycles. The van der Waals surface area contributed by atoms with Gasteiger partial charge in [0.05, 0.1) is 6.04 Å². The maximum Gasteiger partial charge on any atom is 0.239 e. The number of H-pyrrole nitrogens is 1. The van der Waals surface area contributed by atoms with Gasteiger partial charge in [-0.1, -0.05) is 6.07 Å². The molecule has 0 bridgehead atoms. The van der Waals surface area contributed by atoms with E-state index in [1.54, 1.807) is 0 Å². The van der Waals surface area contributed by atoms with Crippen molar-refractivity contribution in [3.63, 3.8) is 0 Å². The van der Waals surface area contributed by atoms with Crippen LogP contribution in [0.25, 0.3) is 10.9 Å². The lowest BCUT2D eigenvalue weighted by Gasteiger charge is -2.40. The van der Waals surface area contributed by atoms with Crippen LogP contribution in [0.5, 0.6) is 0 Å². The molecule has 1 unspecified atom stereocenters. The van der Waals surface area contributed by atoms with Gasteiger partial charge in [0.25, 0.3) is 0 Å². The fraction of sp³-hybridized carbons (Fsp3) is 0.609. The summed E-state index contributed by atoms with van der Waals surface area (Å²) in [5.41, 5.74) is 9.85. The Balaban J connectivity index is 1.31. The quantitative estimate of drug-likeness (QED) is 0.854. The van der Waals surface area contributed by atoms with E-state index in [2.05, 4.69) is 42.1 Å². The predicted octanol–water partition coefficient (Wildman–Crippen LogP) is 2.93. The van der Waals surface area contributed by atoms with Crippen molar-refractivity contribution in [1.82, 2.24) is 14.8 Å². The molecule has 3 heterocycles. The average Bonchev–Trinajstić information content (AvgIpc) is 3.17. The number of amides is 1. The summed E-state index contributed by atoms with van der Waals surface area (Å²) in [5, 5.41) is 1.19. The van der Waals surface area contributed by atoms with Crippen LogP contribution < -0.4 is 5.73 Å². The Morgan fingerprint density at radius 2 is 1.79 bits per heavy atom. The number of rotatable bonds is 4. The van der Waals surface area contributed by atoms with Gasteiger partial charge in [-0.2, -0.15) is 0 Å². The molecule has 0 aliphatic carbocycles. The van der Waals surface area contributed by atoms with E-state index in [0.717, 1.165) is 43.3 Å². The molecule has 4 rings (SSSR count). The Bertz CT molecular complexity index is 813. The summed E-state index contributed by atoms with van der Waals surface area (Å²) >= 11 is 0. The number of carbonyl (C=O) groups excluding carboxylic acids is 1. The molecule has 5 heteroatoms. The van der Waals surface area contributed by atoms with Gasteiger partial charge in [0, 0.05) is 24.8 Å². The Hall–Kier alpha value is -1.85. The van der Waals surface area contributed by atoms with E-state index in [1.807, 2.05) is 11.1 Å². The number of aromatic amines is 1. The van der Waals surface area contributed by atoms with E-state index in [1.165, 1.54) is 42.4 Å². The first-order valence-corrected chi connectivity index (χ1v) is 10.8. The number of nitrogens with two attached hydrogens (primary N) is 1. The third kappa shape index (κ3) is 4.11. The Morgan fingerprint density at radius 1 is 1.14 bits per heavy atom. The molecule has 0 saturated carbocycles. The molecule has 2 aliphatic rings. The maximum absolute atomic E-state index is 12.9. The number of hydrogen-bond acceptors (Lipinski definition) is 3. The molecule has 1 amide bonds. The van der Waals surface area contributed by atoms with Gasteiger partial charge < -0.3 is 20.5 Å². The molecule has 0 radical (unpaired) electrons. The van der Waals surface area contributed by atoms with E-state index >= 15 is 0 Å². The van der Waals surface area contributed by atoms with Crippen LogP contribution >= 0.6 is 0 Å². The van der Waals surface area contributed by atoms with Gasteiger partial charge in [0.15, 0.2) is 0 Å². The molecule has 2 fully saturated rings. The lowest BCUT2D eigenvalue weighted by atomic mass is 9.79. The van der Waals surface area contributed by atoms with Crippen molar-refractivity contribution >= 4 is 16.8 Å². The maximum atomic E-state index is 12.9. The van der Waals surface area contributed by atoms with E-state index in [4.69, 9.17) is 5.73 Å². The monoisotopic (exact) mass is 382 g/mol. The molecule has 1 atom stereocenters. The molecule has 2 aromatic rings. The Morgan fingerprint density at radius 3 is 2.46 bits per heavy atom. The summed E-state index contributed by atoms with van der Waals surface area (Å²) in [4.78, 5) is 20.6. The van der Waals surface area contributed by atoms with Crippen LogP contribution in [0.4, 0.5) is 0 Å². The van der Waals surface area contributed by atoms with Gasteiger partial charge in [-0.05, 0) is 99.6 Å². The van der Waals surface area contributed by atoms with Crippen LogP contribution in [0.15, 0.2) is 24.4 Å². The fourth-order valence-corrected chi connectivity index (χ4v) is 5.22. The summed E-state index contributed by atoms with van der Waals surface area (Å²) in [6.07, 6.45) is 7.48. The van der Waals surface area contributed by atoms with Crippen molar-refractivity contribution < 1.29 is 4.79 Å². The highest BCUT2D eigenvalue weighted by Crippen LogP contribution is 2.32. The zero-order chi connectivity index (χ0) is 19.7. The predicted molar refractivity (Wildman–Crippen MR) is 114 cm³/mol. The van der Waals surface area contributed by atoms with Gasteiger partial charge in [-0.15, -0.1) is 0 Å². The van der Waals surface area contributed by atoms with Gasteiger partial charge >= 0.3 is 0 Å². The number of hydrogen-bond donors (Lipinski definition) is 2. The summed E-state index contributed by atoms with van der Waals surface area (Å²) in [6, 6.07) is 5.93. The van der Waals surface area contributed by atoms with Crippen LogP contribution in [0.3, 0.4) is 0 Å². The first kappa shape index (κ1) is 19.5. The van der Waals surface area contributed by atoms with Gasteiger partial charge in [0.1, 0.15) is 0 Å². The standard InChI is InChI=1S/C23H34N4O/c1-16-13-17(14-20-3-8-25-22(16)20)15-21(24)23(28)27-11-6-19(7-12-27)18-4-9-26(2)10-5-18/h3,8,13-14,18-19,21,25H,4-7,9-12,15,24H2,1-2H3. The van der Waals surface area contributed by atoms with Crippen molar-refractivity contribution in [3.8, 4) is 0 Å². The van der Waals surface area contributed by atoms with Crippen LogP contribution in [-0.4, -0.2) is 60.0 Å². The molecule has 152 valence electrons. The normalized spacial score (nSPS) is 21.3. The molecular formula is C23H34N4O. The first-order valence-electron chi connectivity index (χ1n) is 10.8. The van der Waals surface area contributed by atoms with Gasteiger partial charge in [-0.3, -0.25) is 4.79 Å². The van der Waals surface area contributed by atoms with E-state index in [0.29, 0.717) is 6.42 Å². The third-order valence-electron chi connectivity index (χ3n) is 6.97. The van der Waals surface area contributed by atoms with Crippen LogP contribution in [0.1, 0.15) is 36.8 Å². The molecule has 0 spiro atoms. The minimum atomic E-state index is -0.448. The van der Waals surface area contributed by atoms with Crippen molar-refractivity contribution in [2.45, 2.75) is 45.1 Å². The smallest absolute Gasteiger partial charge is 0.239 e. The summed E-state index contributed by atoms with van der Waals surface area (Å²) in [7, 11) is 2.22. The molecule has 2 saturated heterocycles. The minimum Gasteiger partial charge on any atom is -0.361 e. The molecule has 1 aromatic heterocycles. The zero-order valence-corrected chi connectivity index (χ0v) is 17.3. The van der Waals surface area contributed by atoms with Gasteiger partial charge in [-0.25, -0.2) is 0 Å². The summed E-state index contributed by atoms with van der Waals surface area (Å²) in [6.45, 7) is 6.29. The third-order valence-corrected chi connectivity index (χ3v) is 6.97. The lowest BCUT2D eigenvalue weighted by molar-refractivity contribution is -0.134. The topological polar surface area (TPSA) is 65.4 Å². The zero-order valence-electron chi connectivity index (χ0n) is 17.3. The largest absolute Gasteiger partial charge is 0.361 e. The average molecular weight is 383 g/mol. The van der Waals surface area contributed by atoms with E-state index < -0.39 is 6.04 Å². The number of carbonyl (C=O) groups is 1. The van der Waals surface area contributed by atoms with Crippen LogP contribution in [-0.2, 0) is 11.2 Å². The van der Waals surface area contributed by atoms with Crippen molar-refractivity contribution in [3.05, 3.63) is 35.5 Å². The second kappa shape index (κ2) is 8.26. The lowest BCUT2D eigenvalue weighted by Crippen LogP contribution is -2.49. The SMILES string of the molecule is Cc1cc(CC(N)C(=O)N2CCC(C3CCN(C)CC3)CC2)cc2cc[nH]c12. The van der Waals surface area contributed by atoms with E-state index in [9.17, 15) is 4.79 Å². The fourth-order valence-electron chi connectivity index (χ4n) is 5.22. The second-order valence-electron chi connectivity index (χ2n) is 8.97. The van der Waals surface area contributed by atoms with Crippen LogP contribution in [0, 0.1) is 18.8 Å². The van der Waals surface area contributed by atoms with Crippen LogP contribution in [0.2, 0.25) is 0 Å². The van der Waals surface area contributed by atoms with E-state index in [-0.39, 0.29) is 5.91 Å². The Kier molecular flexibility index (Phi) is 5.74. The number of nitrogens with zero attached hydrogens (tertiary/aromatic N) is 2. The first-order chi connectivity index (χ1) is 13.5. The number of nitrogens with one attached hydrogen (secondary N) is 1. The molecule has 5 nitrogen and oxygen atoms in total. The number of likely N-dealkylation sites (tertiary alicyclic amines) is 2. The van der Waals surface area contributed by atoms with Gasteiger partial charge in [0.2, 0.25) is 5.91 Å². The molecule has 28 heavy (non-hydrogen) atoms. The Labute approximate surface area is 168 Å². The highest BCUT2D eigenvalue weighted by atomic mass is 16.2. The van der Waals surface area contributed by atoms with Crippen molar-refractivity contribution in [1.29, 1.82) is 0 Å². The number of aryl methyl sites for hydroxylation is 1. The summed E-state index contributed by atoms with van der Waals surface area (Å²) < 4.78 is 0. The second-order valence-corrected chi connectivity index (χ2v) is 8.97. The number of benzene rings is 1. The number of fused-ring (bicyclic) bond motifs is 1.